The Morgan fingerprint density at radius 3 is 3.00 bits per heavy atom. The molecule has 1 saturated heterocycles. The van der Waals surface area contributed by atoms with Gasteiger partial charge < -0.3 is 15.0 Å². The van der Waals surface area contributed by atoms with E-state index in [-0.39, 0.29) is 11.7 Å². The number of benzene rings is 1. The molecule has 1 amide bonds. The lowest BCUT2D eigenvalue weighted by molar-refractivity contribution is -0.145. The molecular formula is C16H23FN2O2. The first-order valence-electron chi connectivity index (χ1n) is 7.56. The molecule has 1 aromatic rings. The Balaban J connectivity index is 1.93. The zero-order chi connectivity index (χ0) is 15.1. The van der Waals surface area contributed by atoms with E-state index in [4.69, 9.17) is 4.74 Å². The number of carbonyl (C=O) groups excluding carboxylic acids is 1. The minimum Gasteiger partial charge on any atom is -0.366 e. The van der Waals surface area contributed by atoms with Gasteiger partial charge in [-0.15, -0.1) is 0 Å². The predicted molar refractivity (Wildman–Crippen MR) is 79.6 cm³/mol. The number of morpholine rings is 1. The van der Waals surface area contributed by atoms with Gasteiger partial charge >= 0.3 is 0 Å². The minimum atomic E-state index is -0.391. The Labute approximate surface area is 125 Å². The Kier molecular flexibility index (Phi) is 6.14. The third-order valence-corrected chi connectivity index (χ3v) is 3.57. The molecular weight excluding hydrogens is 271 g/mol. The van der Waals surface area contributed by atoms with E-state index in [1.165, 1.54) is 12.1 Å². The summed E-state index contributed by atoms with van der Waals surface area (Å²) in [4.78, 5) is 14.3. The van der Waals surface area contributed by atoms with Crippen LogP contribution in [0.15, 0.2) is 24.3 Å². The van der Waals surface area contributed by atoms with Crippen LogP contribution in [0, 0.1) is 5.82 Å². The third kappa shape index (κ3) is 4.79. The lowest BCUT2D eigenvalue weighted by Gasteiger charge is -2.29. The fourth-order valence-corrected chi connectivity index (χ4v) is 2.49. The molecule has 1 fully saturated rings. The van der Waals surface area contributed by atoms with Gasteiger partial charge in [0.1, 0.15) is 11.9 Å². The van der Waals surface area contributed by atoms with Crippen LogP contribution in [0.4, 0.5) is 4.39 Å². The van der Waals surface area contributed by atoms with Gasteiger partial charge in [-0.2, -0.15) is 0 Å². The third-order valence-electron chi connectivity index (χ3n) is 3.57. The largest absolute Gasteiger partial charge is 0.366 e. The Morgan fingerprint density at radius 2 is 2.33 bits per heavy atom. The predicted octanol–water partition coefficient (Wildman–Crippen LogP) is 1.60. The van der Waals surface area contributed by atoms with E-state index in [2.05, 4.69) is 5.32 Å². The molecule has 0 saturated carbocycles. The Bertz CT molecular complexity index is 461. The number of nitrogens with zero attached hydrogens (tertiary/aromatic N) is 1. The van der Waals surface area contributed by atoms with E-state index in [1.54, 1.807) is 6.07 Å². The SMILES string of the molecule is CCCN(CCc1cccc(F)c1)C(=O)C1CNCCO1. The minimum absolute atomic E-state index is 0.0282. The summed E-state index contributed by atoms with van der Waals surface area (Å²) in [6.07, 6.45) is 1.16. The highest BCUT2D eigenvalue weighted by molar-refractivity contribution is 5.81. The lowest BCUT2D eigenvalue weighted by atomic mass is 10.1. The molecule has 1 atom stereocenters. The van der Waals surface area contributed by atoms with Crippen molar-refractivity contribution < 1.29 is 13.9 Å². The Morgan fingerprint density at radius 1 is 1.48 bits per heavy atom. The molecule has 1 aliphatic rings. The van der Waals surface area contributed by atoms with Crippen LogP contribution in [0.1, 0.15) is 18.9 Å². The molecule has 116 valence electrons. The molecule has 1 N–H and O–H groups in total. The molecule has 0 spiro atoms. The van der Waals surface area contributed by atoms with Gasteiger partial charge in [-0.1, -0.05) is 19.1 Å². The fourth-order valence-electron chi connectivity index (χ4n) is 2.49. The number of carbonyl (C=O) groups is 1. The molecule has 0 aromatic heterocycles. The van der Waals surface area contributed by atoms with E-state index in [9.17, 15) is 9.18 Å². The molecule has 4 nitrogen and oxygen atoms in total. The van der Waals surface area contributed by atoms with Crippen LogP contribution >= 0.6 is 0 Å². The van der Waals surface area contributed by atoms with E-state index in [1.807, 2.05) is 17.9 Å². The maximum absolute atomic E-state index is 13.2. The first-order chi connectivity index (χ1) is 10.2. The van der Waals surface area contributed by atoms with Crippen molar-refractivity contribution in [3.05, 3.63) is 35.6 Å². The van der Waals surface area contributed by atoms with Crippen LogP contribution in [0.2, 0.25) is 0 Å². The molecule has 1 aromatic carbocycles. The second-order valence-corrected chi connectivity index (χ2v) is 5.27. The zero-order valence-electron chi connectivity index (χ0n) is 12.5. The number of hydrogen-bond donors (Lipinski definition) is 1. The van der Waals surface area contributed by atoms with Gasteiger partial charge in [0.05, 0.1) is 6.61 Å². The van der Waals surface area contributed by atoms with Crippen molar-refractivity contribution in [2.75, 3.05) is 32.8 Å². The smallest absolute Gasteiger partial charge is 0.253 e. The van der Waals surface area contributed by atoms with Gasteiger partial charge in [0.2, 0.25) is 0 Å². The van der Waals surface area contributed by atoms with Crippen LogP contribution in [0.25, 0.3) is 0 Å². The summed E-state index contributed by atoms with van der Waals surface area (Å²) in [5, 5.41) is 3.17. The van der Waals surface area contributed by atoms with Crippen LogP contribution in [0.5, 0.6) is 0 Å². The Hall–Kier alpha value is -1.46. The number of halogens is 1. The summed E-state index contributed by atoms with van der Waals surface area (Å²) in [5.41, 5.74) is 0.909. The molecule has 21 heavy (non-hydrogen) atoms. The number of ether oxygens (including phenoxy) is 1. The first-order valence-corrected chi connectivity index (χ1v) is 7.56. The standard InChI is InChI=1S/C16H23FN2O2/c1-2-8-19(16(20)15-12-18-7-10-21-15)9-6-13-4-3-5-14(17)11-13/h3-5,11,15,18H,2,6-10,12H2,1H3. The van der Waals surface area contributed by atoms with Crippen molar-refractivity contribution in [3.63, 3.8) is 0 Å². The highest BCUT2D eigenvalue weighted by atomic mass is 19.1. The highest BCUT2D eigenvalue weighted by Crippen LogP contribution is 2.08. The van der Waals surface area contributed by atoms with Crippen LogP contribution in [-0.4, -0.2) is 49.7 Å². The number of hydrogen-bond acceptors (Lipinski definition) is 3. The van der Waals surface area contributed by atoms with Gasteiger partial charge in [-0.05, 0) is 30.5 Å². The van der Waals surface area contributed by atoms with Crippen molar-refractivity contribution in [1.29, 1.82) is 0 Å². The molecule has 0 aliphatic carbocycles. The van der Waals surface area contributed by atoms with Crippen molar-refractivity contribution in [3.8, 4) is 0 Å². The molecule has 1 unspecified atom stereocenters. The molecule has 5 heteroatoms. The average molecular weight is 294 g/mol. The maximum atomic E-state index is 13.2. The second kappa shape index (κ2) is 8.10. The molecule has 0 radical (unpaired) electrons. The van der Waals surface area contributed by atoms with E-state index >= 15 is 0 Å². The van der Waals surface area contributed by atoms with Crippen LogP contribution in [-0.2, 0) is 16.0 Å². The van der Waals surface area contributed by atoms with Crippen molar-refractivity contribution in [2.45, 2.75) is 25.9 Å². The molecule has 2 rings (SSSR count). The van der Waals surface area contributed by atoms with E-state index in [0.717, 1.165) is 18.5 Å². The van der Waals surface area contributed by atoms with Gasteiger partial charge in [0.15, 0.2) is 0 Å². The zero-order valence-corrected chi connectivity index (χ0v) is 12.5. The topological polar surface area (TPSA) is 41.6 Å². The van der Waals surface area contributed by atoms with Crippen LogP contribution in [0.3, 0.4) is 0 Å². The maximum Gasteiger partial charge on any atom is 0.253 e. The summed E-state index contributed by atoms with van der Waals surface area (Å²) in [5.74, 6) is -0.207. The summed E-state index contributed by atoms with van der Waals surface area (Å²) in [7, 11) is 0. The number of rotatable bonds is 6. The summed E-state index contributed by atoms with van der Waals surface area (Å²) in [6.45, 7) is 5.27. The quantitative estimate of drug-likeness (QED) is 0.866. The van der Waals surface area contributed by atoms with E-state index < -0.39 is 6.10 Å². The van der Waals surface area contributed by atoms with Crippen molar-refractivity contribution >= 4 is 5.91 Å². The molecule has 1 heterocycles. The monoisotopic (exact) mass is 294 g/mol. The highest BCUT2D eigenvalue weighted by Gasteiger charge is 2.26. The molecule has 0 bridgehead atoms. The van der Waals surface area contributed by atoms with Gasteiger partial charge in [-0.3, -0.25) is 4.79 Å². The summed E-state index contributed by atoms with van der Waals surface area (Å²) >= 11 is 0. The van der Waals surface area contributed by atoms with Crippen LogP contribution < -0.4 is 5.32 Å². The fraction of sp³-hybridized carbons (Fsp3) is 0.562. The van der Waals surface area contributed by atoms with Crippen molar-refractivity contribution in [2.24, 2.45) is 0 Å². The normalized spacial score (nSPS) is 18.5. The average Bonchev–Trinajstić information content (AvgIpc) is 2.52. The summed E-state index contributed by atoms with van der Waals surface area (Å²) < 4.78 is 18.7. The van der Waals surface area contributed by atoms with Gasteiger partial charge in [-0.25, -0.2) is 4.39 Å². The van der Waals surface area contributed by atoms with E-state index in [0.29, 0.717) is 32.7 Å². The molecule has 1 aliphatic heterocycles. The lowest BCUT2D eigenvalue weighted by Crippen LogP contribution is -2.50. The second-order valence-electron chi connectivity index (χ2n) is 5.27. The van der Waals surface area contributed by atoms with Crippen molar-refractivity contribution in [1.82, 2.24) is 10.2 Å². The number of nitrogens with one attached hydrogen (secondary N) is 1. The van der Waals surface area contributed by atoms with Gasteiger partial charge in [0, 0.05) is 26.2 Å². The summed E-state index contributed by atoms with van der Waals surface area (Å²) in [6, 6.07) is 6.54. The first kappa shape index (κ1) is 15.9. The van der Waals surface area contributed by atoms with Gasteiger partial charge in [0.25, 0.3) is 5.91 Å². The number of amides is 1.